The Morgan fingerprint density at radius 1 is 1.35 bits per heavy atom. The predicted molar refractivity (Wildman–Crippen MR) is 105 cm³/mol. The predicted octanol–water partition coefficient (Wildman–Crippen LogP) is 3.07. The fraction of sp³-hybridized carbons (Fsp3) is 0.474. The number of ether oxygens (including phenoxy) is 1. The molecule has 0 spiro atoms. The van der Waals surface area contributed by atoms with Crippen LogP contribution < -0.4 is 15.4 Å². The number of nitrogens with zero attached hydrogens (tertiary/aromatic N) is 2. The smallest absolute Gasteiger partial charge is 0.256 e. The maximum atomic E-state index is 12.8. The highest BCUT2D eigenvalue weighted by atomic mass is 32.1. The number of nitrogens with one attached hydrogen (secondary N) is 2. The third-order valence-corrected chi connectivity index (χ3v) is 5.81. The van der Waals surface area contributed by atoms with Gasteiger partial charge in [-0.1, -0.05) is 18.2 Å². The van der Waals surface area contributed by atoms with Crippen molar-refractivity contribution in [1.82, 2.24) is 14.6 Å². The number of aryl methyl sites for hydroxylation is 1. The number of amides is 1. The number of methoxy groups -OCH3 is 1. The van der Waals surface area contributed by atoms with Crippen molar-refractivity contribution in [3.05, 3.63) is 41.1 Å². The third-order valence-electron chi connectivity index (χ3n) is 4.85. The number of hydrogen-bond donors (Lipinski definition) is 2. The van der Waals surface area contributed by atoms with Crippen LogP contribution in [0.2, 0.25) is 0 Å². The number of likely N-dealkylation sites (tertiary alicyclic amines) is 1. The molecule has 140 valence electrons. The van der Waals surface area contributed by atoms with Crippen LogP contribution in [-0.2, 0) is 0 Å². The molecular weight excluding hydrogens is 348 g/mol. The topological polar surface area (TPSA) is 66.5 Å². The number of carbonyl (C=O) groups excluding carboxylic acids is 1. The van der Waals surface area contributed by atoms with Crippen LogP contribution in [0.3, 0.4) is 0 Å². The van der Waals surface area contributed by atoms with Gasteiger partial charge < -0.3 is 15.4 Å². The van der Waals surface area contributed by atoms with Gasteiger partial charge in [-0.2, -0.15) is 4.37 Å². The first-order chi connectivity index (χ1) is 12.7. The van der Waals surface area contributed by atoms with Gasteiger partial charge in [-0.25, -0.2) is 0 Å². The highest BCUT2D eigenvalue weighted by Crippen LogP contribution is 2.31. The van der Waals surface area contributed by atoms with Crippen LogP contribution in [0.1, 0.15) is 40.5 Å². The Morgan fingerprint density at radius 2 is 2.08 bits per heavy atom. The van der Waals surface area contributed by atoms with Crippen molar-refractivity contribution in [1.29, 1.82) is 0 Å². The van der Waals surface area contributed by atoms with E-state index < -0.39 is 0 Å². The molecule has 0 bridgehead atoms. The molecule has 1 aliphatic heterocycles. The van der Waals surface area contributed by atoms with E-state index in [1.165, 1.54) is 24.4 Å². The number of hydrogen-bond acceptors (Lipinski definition) is 6. The van der Waals surface area contributed by atoms with Crippen LogP contribution in [-0.4, -0.2) is 49.0 Å². The SMILES string of the molecule is CNc1snc(C)c1C(=O)NCC(c1ccccc1OC)N1CCCC1. The lowest BCUT2D eigenvalue weighted by Gasteiger charge is -2.29. The Labute approximate surface area is 158 Å². The molecule has 1 aliphatic rings. The van der Waals surface area contributed by atoms with Crippen molar-refractivity contribution in [2.45, 2.75) is 25.8 Å². The molecule has 0 saturated carbocycles. The summed E-state index contributed by atoms with van der Waals surface area (Å²) in [4.78, 5) is 15.2. The quantitative estimate of drug-likeness (QED) is 0.780. The van der Waals surface area contributed by atoms with Crippen molar-refractivity contribution in [2.75, 3.05) is 39.1 Å². The molecule has 6 nitrogen and oxygen atoms in total. The lowest BCUT2D eigenvalue weighted by atomic mass is 10.0. The largest absolute Gasteiger partial charge is 0.496 e. The summed E-state index contributed by atoms with van der Waals surface area (Å²) in [6, 6.07) is 8.16. The lowest BCUT2D eigenvalue weighted by molar-refractivity contribution is 0.0937. The molecule has 2 heterocycles. The monoisotopic (exact) mass is 374 g/mol. The van der Waals surface area contributed by atoms with Gasteiger partial charge in [-0.3, -0.25) is 9.69 Å². The average molecular weight is 375 g/mol. The Balaban J connectivity index is 1.80. The average Bonchev–Trinajstić information content (AvgIpc) is 3.31. The normalized spacial score (nSPS) is 15.7. The van der Waals surface area contributed by atoms with Crippen LogP contribution in [0.5, 0.6) is 5.75 Å². The maximum absolute atomic E-state index is 12.8. The zero-order chi connectivity index (χ0) is 18.5. The van der Waals surface area contributed by atoms with Crippen molar-refractivity contribution in [3.8, 4) is 5.75 Å². The van der Waals surface area contributed by atoms with Gasteiger partial charge in [-0.15, -0.1) is 0 Å². The number of para-hydroxylation sites is 1. The van der Waals surface area contributed by atoms with E-state index in [-0.39, 0.29) is 11.9 Å². The van der Waals surface area contributed by atoms with Crippen molar-refractivity contribution in [2.24, 2.45) is 0 Å². The molecule has 1 aromatic carbocycles. The van der Waals surface area contributed by atoms with E-state index in [2.05, 4.69) is 26.0 Å². The van der Waals surface area contributed by atoms with Gasteiger partial charge in [0.1, 0.15) is 10.8 Å². The summed E-state index contributed by atoms with van der Waals surface area (Å²) in [5, 5.41) is 6.97. The van der Waals surface area contributed by atoms with E-state index >= 15 is 0 Å². The van der Waals surface area contributed by atoms with Gasteiger partial charge in [-0.05, 0) is 50.5 Å². The summed E-state index contributed by atoms with van der Waals surface area (Å²) in [6.07, 6.45) is 2.38. The first-order valence-electron chi connectivity index (χ1n) is 8.95. The highest BCUT2D eigenvalue weighted by molar-refractivity contribution is 7.10. The summed E-state index contributed by atoms with van der Waals surface area (Å²) >= 11 is 1.31. The Morgan fingerprint density at radius 3 is 2.77 bits per heavy atom. The number of benzene rings is 1. The first-order valence-corrected chi connectivity index (χ1v) is 9.72. The first kappa shape index (κ1) is 18.7. The minimum absolute atomic E-state index is 0.0836. The summed E-state index contributed by atoms with van der Waals surface area (Å²) < 4.78 is 9.85. The zero-order valence-electron chi connectivity index (χ0n) is 15.5. The number of carbonyl (C=O) groups is 1. The van der Waals surface area contributed by atoms with Gasteiger partial charge in [0.15, 0.2) is 0 Å². The highest BCUT2D eigenvalue weighted by Gasteiger charge is 2.27. The zero-order valence-corrected chi connectivity index (χ0v) is 16.4. The minimum Gasteiger partial charge on any atom is -0.496 e. The molecule has 3 rings (SSSR count). The third kappa shape index (κ3) is 3.83. The van der Waals surface area contributed by atoms with Crippen LogP contribution in [0.25, 0.3) is 0 Å². The molecule has 1 unspecified atom stereocenters. The summed E-state index contributed by atoms with van der Waals surface area (Å²) in [5.74, 6) is 0.780. The van der Waals surface area contributed by atoms with E-state index in [1.807, 2.05) is 32.2 Å². The van der Waals surface area contributed by atoms with Crippen molar-refractivity contribution >= 4 is 22.4 Å². The van der Waals surface area contributed by atoms with Gasteiger partial charge in [0, 0.05) is 19.2 Å². The number of anilines is 1. The summed E-state index contributed by atoms with van der Waals surface area (Å²) in [7, 11) is 3.50. The van der Waals surface area contributed by atoms with E-state index in [4.69, 9.17) is 4.74 Å². The van der Waals surface area contributed by atoms with Crippen molar-refractivity contribution in [3.63, 3.8) is 0 Å². The fourth-order valence-electron chi connectivity index (χ4n) is 3.52. The van der Waals surface area contributed by atoms with E-state index in [0.29, 0.717) is 12.1 Å². The molecule has 1 atom stereocenters. The number of aromatic nitrogens is 1. The molecule has 7 heteroatoms. The van der Waals surface area contributed by atoms with E-state index in [0.717, 1.165) is 35.1 Å². The molecule has 0 radical (unpaired) electrons. The molecule has 2 N–H and O–H groups in total. The van der Waals surface area contributed by atoms with E-state index in [1.54, 1.807) is 7.11 Å². The van der Waals surface area contributed by atoms with Gasteiger partial charge in [0.25, 0.3) is 5.91 Å². The fourth-order valence-corrected chi connectivity index (χ4v) is 4.26. The molecule has 26 heavy (non-hydrogen) atoms. The van der Waals surface area contributed by atoms with Crippen molar-refractivity contribution < 1.29 is 9.53 Å². The maximum Gasteiger partial charge on any atom is 0.256 e. The standard InChI is InChI=1S/C19H26N4O2S/c1-13-17(19(20-2)26-22-13)18(24)21-12-15(23-10-6-7-11-23)14-8-4-5-9-16(14)25-3/h4-5,8-9,15,20H,6-7,10-12H2,1-3H3,(H,21,24). The lowest BCUT2D eigenvalue weighted by Crippen LogP contribution is -2.37. The van der Waals surface area contributed by atoms with Crippen LogP contribution in [0, 0.1) is 6.92 Å². The van der Waals surface area contributed by atoms with Gasteiger partial charge >= 0.3 is 0 Å². The second-order valence-corrected chi connectivity index (χ2v) is 7.21. The molecule has 1 aromatic heterocycles. The minimum atomic E-state index is -0.0836. The van der Waals surface area contributed by atoms with Crippen LogP contribution in [0.4, 0.5) is 5.00 Å². The molecule has 1 fully saturated rings. The Kier molecular flexibility index (Phi) is 6.11. The molecule has 1 amide bonds. The number of rotatable bonds is 7. The second-order valence-electron chi connectivity index (χ2n) is 6.43. The second kappa shape index (κ2) is 8.51. The van der Waals surface area contributed by atoms with Crippen LogP contribution in [0.15, 0.2) is 24.3 Å². The Bertz CT molecular complexity index is 756. The molecular formula is C19H26N4O2S. The molecule has 0 aliphatic carbocycles. The summed E-state index contributed by atoms with van der Waals surface area (Å²) in [6.45, 7) is 4.49. The van der Waals surface area contributed by atoms with E-state index in [9.17, 15) is 4.79 Å². The summed E-state index contributed by atoms with van der Waals surface area (Å²) in [5.41, 5.74) is 2.51. The van der Waals surface area contributed by atoms with Gasteiger partial charge in [0.2, 0.25) is 0 Å². The molecule has 2 aromatic rings. The van der Waals surface area contributed by atoms with Gasteiger partial charge in [0.05, 0.1) is 24.4 Å². The Hall–Kier alpha value is -2.12. The van der Waals surface area contributed by atoms with Crippen LogP contribution >= 0.6 is 11.5 Å². The molecule has 1 saturated heterocycles.